The van der Waals surface area contributed by atoms with Crippen molar-refractivity contribution >= 4 is 11.6 Å². The Hall–Kier alpha value is -2.95. The molecule has 0 spiro atoms. The van der Waals surface area contributed by atoms with E-state index in [2.05, 4.69) is 56.5 Å². The Kier molecular flexibility index (Phi) is 5.11. The van der Waals surface area contributed by atoms with Crippen molar-refractivity contribution in [2.75, 3.05) is 5.32 Å². The number of nitrogens with one attached hydrogen (secondary N) is 1. The normalized spacial score (nSPS) is 18.2. The first kappa shape index (κ1) is 19.0. The third-order valence-electron chi connectivity index (χ3n) is 6.55. The van der Waals surface area contributed by atoms with Gasteiger partial charge in [-0.25, -0.2) is 0 Å². The summed E-state index contributed by atoms with van der Waals surface area (Å²) in [5.74, 6) is 1.99. The van der Waals surface area contributed by atoms with E-state index in [1.807, 2.05) is 13.0 Å². The molecule has 1 amide bonds. The molecule has 3 aromatic rings. The van der Waals surface area contributed by atoms with Crippen LogP contribution in [0.2, 0.25) is 0 Å². The maximum atomic E-state index is 13.2. The number of hydrogen-bond acceptors (Lipinski definition) is 3. The Morgan fingerprint density at radius 2 is 1.93 bits per heavy atom. The van der Waals surface area contributed by atoms with Crippen LogP contribution in [0.15, 0.2) is 42.5 Å². The molecule has 2 heterocycles. The highest BCUT2D eigenvalue weighted by atomic mass is 16.1. The van der Waals surface area contributed by atoms with Gasteiger partial charge in [0, 0.05) is 24.2 Å². The molecule has 5 nitrogen and oxygen atoms in total. The van der Waals surface area contributed by atoms with E-state index < -0.39 is 0 Å². The first-order valence-electron chi connectivity index (χ1n) is 11.1. The number of aryl methyl sites for hydroxylation is 3. The monoisotopic (exact) mass is 400 g/mol. The summed E-state index contributed by atoms with van der Waals surface area (Å²) in [6, 6.07) is 14.6. The molecule has 0 radical (unpaired) electrons. The van der Waals surface area contributed by atoms with Gasteiger partial charge in [0.15, 0.2) is 5.82 Å². The van der Waals surface area contributed by atoms with E-state index in [0.717, 1.165) is 67.1 Å². The number of hydrogen-bond donors (Lipinski definition) is 1. The Bertz CT molecular complexity index is 1080. The molecule has 1 atom stereocenters. The molecule has 2 aromatic carbocycles. The fourth-order valence-corrected chi connectivity index (χ4v) is 4.84. The molecular formula is C25H28N4O. The minimum absolute atomic E-state index is 0.0811. The number of amides is 1. The van der Waals surface area contributed by atoms with Crippen LogP contribution in [-0.4, -0.2) is 20.7 Å². The SMILES string of the molecule is Cc1ccc(-c2nnc3n2CCCCC3)cc1NC(=O)[C@H]1CCCc2ccccc21. The molecule has 0 fully saturated rings. The number of carbonyl (C=O) groups is 1. The molecule has 5 heteroatoms. The number of anilines is 1. The lowest BCUT2D eigenvalue weighted by atomic mass is 9.82. The Labute approximate surface area is 177 Å². The number of nitrogens with zero attached hydrogens (tertiary/aromatic N) is 3. The summed E-state index contributed by atoms with van der Waals surface area (Å²) in [5.41, 5.74) is 5.43. The standard InChI is InChI=1S/C25H28N4O/c1-17-13-14-19(24-28-27-23-12-3-2-6-15-29(23)24)16-22(17)26-25(30)21-11-7-9-18-8-4-5-10-20(18)21/h4-5,8,10,13-14,16,21H,2-3,6-7,9,11-12,15H2,1H3,(H,26,30)/t21-/m0/s1. The van der Waals surface area contributed by atoms with Crippen LogP contribution in [0.1, 0.15) is 60.5 Å². The summed E-state index contributed by atoms with van der Waals surface area (Å²) in [6.07, 6.45) is 7.58. The summed E-state index contributed by atoms with van der Waals surface area (Å²) in [7, 11) is 0. The second kappa shape index (κ2) is 8.05. The van der Waals surface area contributed by atoms with Crippen molar-refractivity contribution in [3.8, 4) is 11.4 Å². The molecule has 0 saturated heterocycles. The third kappa shape index (κ3) is 3.53. The molecule has 154 valence electrons. The van der Waals surface area contributed by atoms with Gasteiger partial charge in [-0.1, -0.05) is 42.8 Å². The molecule has 0 unspecified atom stereocenters. The van der Waals surface area contributed by atoms with E-state index in [0.29, 0.717) is 0 Å². The lowest BCUT2D eigenvalue weighted by molar-refractivity contribution is -0.117. The van der Waals surface area contributed by atoms with Crippen LogP contribution >= 0.6 is 0 Å². The van der Waals surface area contributed by atoms with E-state index in [1.54, 1.807) is 0 Å². The molecule has 1 aliphatic heterocycles. The summed E-state index contributed by atoms with van der Waals surface area (Å²) in [4.78, 5) is 13.2. The van der Waals surface area contributed by atoms with Crippen LogP contribution < -0.4 is 5.32 Å². The van der Waals surface area contributed by atoms with Crippen molar-refractivity contribution in [2.24, 2.45) is 0 Å². The Morgan fingerprint density at radius 1 is 1.03 bits per heavy atom. The van der Waals surface area contributed by atoms with Gasteiger partial charge in [0.05, 0.1) is 5.92 Å². The van der Waals surface area contributed by atoms with Gasteiger partial charge in [-0.05, 0) is 61.8 Å². The zero-order valence-electron chi connectivity index (χ0n) is 17.5. The largest absolute Gasteiger partial charge is 0.325 e. The van der Waals surface area contributed by atoms with E-state index in [-0.39, 0.29) is 11.8 Å². The van der Waals surface area contributed by atoms with Gasteiger partial charge < -0.3 is 9.88 Å². The molecule has 1 N–H and O–H groups in total. The number of benzene rings is 2. The maximum Gasteiger partial charge on any atom is 0.231 e. The van der Waals surface area contributed by atoms with Crippen LogP contribution in [0, 0.1) is 6.92 Å². The average Bonchev–Trinajstić information content (AvgIpc) is 3.02. The second-order valence-electron chi connectivity index (χ2n) is 8.56. The summed E-state index contributed by atoms with van der Waals surface area (Å²) >= 11 is 0. The molecule has 0 bridgehead atoms. The maximum absolute atomic E-state index is 13.2. The van der Waals surface area contributed by atoms with Crippen molar-refractivity contribution in [3.63, 3.8) is 0 Å². The zero-order chi connectivity index (χ0) is 20.5. The number of carbonyl (C=O) groups excluding carboxylic acids is 1. The lowest BCUT2D eigenvalue weighted by Crippen LogP contribution is -2.25. The zero-order valence-corrected chi connectivity index (χ0v) is 17.5. The minimum Gasteiger partial charge on any atom is -0.325 e. The highest BCUT2D eigenvalue weighted by molar-refractivity contribution is 5.97. The van der Waals surface area contributed by atoms with Crippen molar-refractivity contribution in [1.29, 1.82) is 0 Å². The first-order valence-corrected chi connectivity index (χ1v) is 11.1. The van der Waals surface area contributed by atoms with Crippen molar-refractivity contribution < 1.29 is 4.79 Å². The molecule has 30 heavy (non-hydrogen) atoms. The molecule has 1 aliphatic carbocycles. The Morgan fingerprint density at radius 3 is 2.87 bits per heavy atom. The van der Waals surface area contributed by atoms with Crippen LogP contribution in [0.4, 0.5) is 5.69 Å². The molecular weight excluding hydrogens is 372 g/mol. The molecule has 1 aromatic heterocycles. The average molecular weight is 401 g/mol. The molecule has 5 rings (SSSR count). The second-order valence-corrected chi connectivity index (χ2v) is 8.56. The van der Waals surface area contributed by atoms with E-state index in [1.165, 1.54) is 24.0 Å². The van der Waals surface area contributed by atoms with Gasteiger partial charge in [0.25, 0.3) is 0 Å². The fourth-order valence-electron chi connectivity index (χ4n) is 4.84. The van der Waals surface area contributed by atoms with Gasteiger partial charge >= 0.3 is 0 Å². The van der Waals surface area contributed by atoms with Crippen LogP contribution in [0.3, 0.4) is 0 Å². The summed E-state index contributed by atoms with van der Waals surface area (Å²) in [6.45, 7) is 3.00. The molecule has 0 saturated carbocycles. The van der Waals surface area contributed by atoms with Gasteiger partial charge in [-0.15, -0.1) is 10.2 Å². The number of aromatic nitrogens is 3. The van der Waals surface area contributed by atoms with E-state index in [4.69, 9.17) is 0 Å². The number of fused-ring (bicyclic) bond motifs is 2. The first-order chi connectivity index (χ1) is 14.7. The van der Waals surface area contributed by atoms with Crippen LogP contribution in [-0.2, 0) is 24.2 Å². The summed E-state index contributed by atoms with van der Waals surface area (Å²) < 4.78 is 2.25. The predicted molar refractivity (Wildman–Crippen MR) is 119 cm³/mol. The van der Waals surface area contributed by atoms with Gasteiger partial charge in [-0.3, -0.25) is 4.79 Å². The minimum atomic E-state index is -0.0811. The smallest absolute Gasteiger partial charge is 0.231 e. The topological polar surface area (TPSA) is 59.8 Å². The highest BCUT2D eigenvalue weighted by Gasteiger charge is 2.26. The van der Waals surface area contributed by atoms with Gasteiger partial charge in [-0.2, -0.15) is 0 Å². The Balaban J connectivity index is 1.43. The van der Waals surface area contributed by atoms with Crippen molar-refractivity contribution in [3.05, 3.63) is 65.0 Å². The van der Waals surface area contributed by atoms with Crippen LogP contribution in [0.5, 0.6) is 0 Å². The van der Waals surface area contributed by atoms with Crippen LogP contribution in [0.25, 0.3) is 11.4 Å². The van der Waals surface area contributed by atoms with Gasteiger partial charge in [0.2, 0.25) is 5.91 Å². The number of rotatable bonds is 3. The van der Waals surface area contributed by atoms with E-state index >= 15 is 0 Å². The quantitative estimate of drug-likeness (QED) is 0.670. The van der Waals surface area contributed by atoms with Gasteiger partial charge in [0.1, 0.15) is 5.82 Å². The van der Waals surface area contributed by atoms with E-state index in [9.17, 15) is 4.79 Å². The summed E-state index contributed by atoms with van der Waals surface area (Å²) in [5, 5.41) is 12.1. The highest BCUT2D eigenvalue weighted by Crippen LogP contribution is 2.33. The fraction of sp³-hybridized carbons (Fsp3) is 0.400. The van der Waals surface area contributed by atoms with Crippen molar-refractivity contribution in [2.45, 2.75) is 64.3 Å². The molecule has 2 aliphatic rings. The predicted octanol–water partition coefficient (Wildman–Crippen LogP) is 5.04. The lowest BCUT2D eigenvalue weighted by Gasteiger charge is -2.25. The third-order valence-corrected chi connectivity index (χ3v) is 6.55. The van der Waals surface area contributed by atoms with Crippen molar-refractivity contribution in [1.82, 2.24) is 14.8 Å².